The van der Waals surface area contributed by atoms with E-state index in [-0.39, 0.29) is 5.92 Å². The molecule has 0 atom stereocenters. The zero-order valence-corrected chi connectivity index (χ0v) is 17.0. The molecule has 0 bridgehead atoms. The summed E-state index contributed by atoms with van der Waals surface area (Å²) in [6, 6.07) is 10.3. The van der Waals surface area contributed by atoms with Crippen LogP contribution >= 0.6 is 23.2 Å². The maximum absolute atomic E-state index is 12.8. The smallest absolute Gasteiger partial charge is 0.243 e. The van der Waals surface area contributed by atoms with Crippen LogP contribution in [0.3, 0.4) is 0 Å². The lowest BCUT2D eigenvalue weighted by Crippen LogP contribution is -2.37. The molecule has 5 nitrogen and oxygen atoms in total. The van der Waals surface area contributed by atoms with Gasteiger partial charge in [0.15, 0.2) is 11.5 Å². The van der Waals surface area contributed by atoms with Gasteiger partial charge in [-0.1, -0.05) is 40.9 Å². The lowest BCUT2D eigenvalue weighted by molar-refractivity contribution is 0.293. The number of aromatic nitrogens is 1. The molecule has 0 saturated carbocycles. The molecule has 2 heterocycles. The fraction of sp³-hybridized carbons (Fsp3) is 0.316. The van der Waals surface area contributed by atoms with Gasteiger partial charge in [0, 0.05) is 24.0 Å². The van der Waals surface area contributed by atoms with Crippen LogP contribution < -0.4 is 0 Å². The summed E-state index contributed by atoms with van der Waals surface area (Å²) < 4.78 is 33.0. The van der Waals surface area contributed by atoms with Crippen molar-refractivity contribution in [3.8, 4) is 0 Å². The molecule has 0 N–H and O–H groups in total. The van der Waals surface area contributed by atoms with E-state index in [9.17, 15) is 8.42 Å². The summed E-state index contributed by atoms with van der Waals surface area (Å²) >= 11 is 12.2. The molecular weight excluding hydrogens is 407 g/mol. The normalized spacial score (nSPS) is 16.9. The molecule has 0 spiro atoms. The van der Waals surface area contributed by atoms with E-state index >= 15 is 0 Å². The summed E-state index contributed by atoms with van der Waals surface area (Å²) in [5.41, 5.74) is 2.17. The van der Waals surface area contributed by atoms with Crippen LogP contribution in [0, 0.1) is 6.92 Å². The number of aryl methyl sites for hydroxylation is 1. The molecule has 0 radical (unpaired) electrons. The molecular formula is C19H18Cl2N2O3S. The quantitative estimate of drug-likeness (QED) is 0.592. The first-order valence-electron chi connectivity index (χ1n) is 8.67. The summed E-state index contributed by atoms with van der Waals surface area (Å²) in [7, 11) is -3.48. The Balaban J connectivity index is 1.52. The number of rotatable bonds is 3. The third kappa shape index (κ3) is 3.59. The minimum Gasteiger partial charge on any atom is -0.439 e. The first-order valence-corrected chi connectivity index (χ1v) is 10.9. The molecule has 1 aliphatic rings. The van der Waals surface area contributed by atoms with Gasteiger partial charge < -0.3 is 4.42 Å². The van der Waals surface area contributed by atoms with E-state index in [0.29, 0.717) is 57.9 Å². The Morgan fingerprint density at radius 2 is 1.78 bits per heavy atom. The number of piperidine rings is 1. The molecule has 4 rings (SSSR count). The molecule has 1 aromatic heterocycles. The molecule has 3 aromatic rings. The monoisotopic (exact) mass is 424 g/mol. The highest BCUT2D eigenvalue weighted by Gasteiger charge is 2.32. The highest BCUT2D eigenvalue weighted by Crippen LogP contribution is 2.35. The van der Waals surface area contributed by atoms with Crippen molar-refractivity contribution < 1.29 is 12.8 Å². The summed E-state index contributed by atoms with van der Waals surface area (Å²) in [6.45, 7) is 2.78. The fourth-order valence-electron chi connectivity index (χ4n) is 3.35. The molecule has 1 saturated heterocycles. The van der Waals surface area contributed by atoms with Crippen molar-refractivity contribution in [2.75, 3.05) is 13.1 Å². The van der Waals surface area contributed by atoms with E-state index in [2.05, 4.69) is 4.98 Å². The van der Waals surface area contributed by atoms with Crippen molar-refractivity contribution in [1.29, 1.82) is 0 Å². The summed E-state index contributed by atoms with van der Waals surface area (Å²) in [5.74, 6) is 0.637. The van der Waals surface area contributed by atoms with Crippen LogP contribution in [0.1, 0.15) is 30.2 Å². The van der Waals surface area contributed by atoms with Gasteiger partial charge >= 0.3 is 0 Å². The Morgan fingerprint density at radius 1 is 1.11 bits per heavy atom. The second-order valence-electron chi connectivity index (χ2n) is 6.78. The van der Waals surface area contributed by atoms with Crippen LogP contribution in [0.2, 0.25) is 10.0 Å². The van der Waals surface area contributed by atoms with Crippen LogP contribution in [-0.4, -0.2) is 30.8 Å². The van der Waals surface area contributed by atoms with Gasteiger partial charge in [-0.15, -0.1) is 0 Å². The Labute approximate surface area is 167 Å². The van der Waals surface area contributed by atoms with Gasteiger partial charge in [0.2, 0.25) is 10.0 Å². The van der Waals surface area contributed by atoms with Gasteiger partial charge in [0.1, 0.15) is 5.52 Å². The lowest BCUT2D eigenvalue weighted by Gasteiger charge is -2.29. The number of oxazole rings is 1. The molecule has 0 amide bonds. The SMILES string of the molecule is Cc1ccc(S(=O)(=O)N2CCC(c3nc4cc(Cl)cc(Cl)c4o3)CC2)cc1. The van der Waals surface area contributed by atoms with Gasteiger partial charge in [0.05, 0.1) is 9.92 Å². The highest BCUT2D eigenvalue weighted by atomic mass is 35.5. The number of fused-ring (bicyclic) bond motifs is 1. The summed E-state index contributed by atoms with van der Waals surface area (Å²) in [4.78, 5) is 4.84. The van der Waals surface area contributed by atoms with Crippen molar-refractivity contribution in [3.05, 3.63) is 57.9 Å². The average Bonchev–Trinajstić information content (AvgIpc) is 3.06. The predicted molar refractivity (Wildman–Crippen MR) is 106 cm³/mol. The first-order chi connectivity index (χ1) is 12.8. The molecule has 1 aliphatic heterocycles. The second kappa shape index (κ2) is 7.09. The van der Waals surface area contributed by atoms with Crippen molar-refractivity contribution >= 4 is 44.3 Å². The van der Waals surface area contributed by atoms with Gasteiger partial charge in [-0.3, -0.25) is 0 Å². The molecule has 1 fully saturated rings. The Hall–Kier alpha value is -1.60. The summed E-state index contributed by atoms with van der Waals surface area (Å²) in [6.07, 6.45) is 1.28. The first kappa shape index (κ1) is 18.7. The molecule has 27 heavy (non-hydrogen) atoms. The van der Waals surface area contributed by atoms with Gasteiger partial charge in [0.25, 0.3) is 0 Å². The van der Waals surface area contributed by atoms with Crippen molar-refractivity contribution in [2.45, 2.75) is 30.6 Å². The molecule has 2 aromatic carbocycles. The lowest BCUT2D eigenvalue weighted by atomic mass is 9.98. The van der Waals surface area contributed by atoms with Crippen LogP contribution in [0.25, 0.3) is 11.1 Å². The van der Waals surface area contributed by atoms with Gasteiger partial charge in [-0.05, 0) is 44.0 Å². The van der Waals surface area contributed by atoms with Gasteiger partial charge in [-0.25, -0.2) is 13.4 Å². The van der Waals surface area contributed by atoms with Crippen molar-refractivity contribution in [2.24, 2.45) is 0 Å². The van der Waals surface area contributed by atoms with E-state index in [0.717, 1.165) is 5.56 Å². The number of halogens is 2. The van der Waals surface area contributed by atoms with Crippen LogP contribution in [0.4, 0.5) is 0 Å². The van der Waals surface area contributed by atoms with E-state index < -0.39 is 10.0 Å². The van der Waals surface area contributed by atoms with Crippen LogP contribution in [0.5, 0.6) is 0 Å². The molecule has 8 heteroatoms. The fourth-order valence-corrected chi connectivity index (χ4v) is 5.34. The second-order valence-corrected chi connectivity index (χ2v) is 9.56. The zero-order valence-electron chi connectivity index (χ0n) is 14.7. The average molecular weight is 425 g/mol. The Kier molecular flexibility index (Phi) is 4.93. The zero-order chi connectivity index (χ0) is 19.2. The highest BCUT2D eigenvalue weighted by molar-refractivity contribution is 7.89. The number of hydrogen-bond donors (Lipinski definition) is 0. The van der Waals surface area contributed by atoms with Crippen LogP contribution in [-0.2, 0) is 10.0 Å². The summed E-state index contributed by atoms with van der Waals surface area (Å²) in [5, 5.41) is 0.932. The largest absolute Gasteiger partial charge is 0.439 e. The topological polar surface area (TPSA) is 63.4 Å². The van der Waals surface area contributed by atoms with Crippen LogP contribution in [0.15, 0.2) is 45.7 Å². The van der Waals surface area contributed by atoms with Crippen molar-refractivity contribution in [3.63, 3.8) is 0 Å². The predicted octanol–water partition coefficient (Wildman–Crippen LogP) is 5.01. The van der Waals surface area contributed by atoms with E-state index in [1.165, 1.54) is 4.31 Å². The number of sulfonamides is 1. The van der Waals surface area contributed by atoms with E-state index in [1.807, 2.05) is 19.1 Å². The molecule has 0 unspecified atom stereocenters. The number of nitrogens with zero attached hydrogens (tertiary/aromatic N) is 2. The Morgan fingerprint density at radius 3 is 2.44 bits per heavy atom. The standard InChI is InChI=1S/C19H18Cl2N2O3S/c1-12-2-4-15(5-3-12)27(24,25)23-8-6-13(7-9-23)19-22-17-11-14(20)10-16(21)18(17)26-19/h2-5,10-11,13H,6-9H2,1H3. The maximum Gasteiger partial charge on any atom is 0.243 e. The maximum atomic E-state index is 12.8. The minimum absolute atomic E-state index is 0.0525. The third-order valence-electron chi connectivity index (χ3n) is 4.89. The molecule has 142 valence electrons. The number of hydrogen-bond acceptors (Lipinski definition) is 4. The molecule has 0 aliphatic carbocycles. The number of benzene rings is 2. The Bertz CT molecular complexity index is 1090. The third-order valence-corrected chi connectivity index (χ3v) is 7.30. The van der Waals surface area contributed by atoms with E-state index in [1.54, 1.807) is 24.3 Å². The van der Waals surface area contributed by atoms with Crippen molar-refractivity contribution in [1.82, 2.24) is 9.29 Å². The van der Waals surface area contributed by atoms with E-state index in [4.69, 9.17) is 27.6 Å². The minimum atomic E-state index is -3.48. The van der Waals surface area contributed by atoms with Gasteiger partial charge in [-0.2, -0.15) is 4.31 Å².